The Morgan fingerprint density at radius 2 is 2.24 bits per heavy atom. The van der Waals surface area contributed by atoms with Crippen LogP contribution in [0.4, 0.5) is 0 Å². The highest BCUT2D eigenvalue weighted by Crippen LogP contribution is 2.63. The van der Waals surface area contributed by atoms with Crippen LogP contribution in [-0.2, 0) is 19.1 Å². The van der Waals surface area contributed by atoms with Crippen molar-refractivity contribution >= 4 is 11.9 Å². The Hall–Kier alpha value is -1.32. The van der Waals surface area contributed by atoms with Crippen molar-refractivity contribution in [3.63, 3.8) is 0 Å². The predicted molar refractivity (Wildman–Crippen MR) is 56.6 cm³/mol. The number of allylic oxidation sites excluding steroid dienone is 2. The van der Waals surface area contributed by atoms with Gasteiger partial charge >= 0.3 is 11.9 Å². The molecule has 0 bridgehead atoms. The van der Waals surface area contributed by atoms with Crippen LogP contribution in [0.25, 0.3) is 0 Å². The van der Waals surface area contributed by atoms with Gasteiger partial charge in [-0.15, -0.1) is 0 Å². The van der Waals surface area contributed by atoms with Crippen LogP contribution in [0.2, 0.25) is 0 Å². The summed E-state index contributed by atoms with van der Waals surface area (Å²) in [6.07, 6.45) is 5.31. The molecule has 1 saturated heterocycles. The Bertz CT molecular complexity index is 441. The highest BCUT2D eigenvalue weighted by molar-refractivity contribution is 5.85. The van der Waals surface area contributed by atoms with Gasteiger partial charge in [-0.1, -0.05) is 12.2 Å². The normalized spacial score (nSPS) is 52.8. The maximum Gasteiger partial charge on any atom is 0.310 e. The number of carbonyl (C=O) groups is 2. The van der Waals surface area contributed by atoms with Crippen LogP contribution in [-0.4, -0.2) is 25.2 Å². The van der Waals surface area contributed by atoms with E-state index in [4.69, 9.17) is 9.47 Å². The summed E-state index contributed by atoms with van der Waals surface area (Å²) >= 11 is 0. The van der Waals surface area contributed by atoms with Gasteiger partial charge in [0.2, 0.25) is 0 Å². The van der Waals surface area contributed by atoms with Crippen molar-refractivity contribution in [1.82, 2.24) is 0 Å². The molecule has 0 unspecified atom stereocenters. The molecule has 1 aliphatic heterocycles. The van der Waals surface area contributed by atoms with E-state index in [9.17, 15) is 9.59 Å². The summed E-state index contributed by atoms with van der Waals surface area (Å²) in [5.41, 5.74) is 0. The molecule has 4 nitrogen and oxygen atoms in total. The highest BCUT2D eigenvalue weighted by Gasteiger charge is 2.68. The lowest BCUT2D eigenvalue weighted by Gasteiger charge is -2.18. The van der Waals surface area contributed by atoms with Gasteiger partial charge in [0.25, 0.3) is 0 Å². The lowest BCUT2D eigenvalue weighted by atomic mass is 9.87. The van der Waals surface area contributed by atoms with Crippen LogP contribution in [0.15, 0.2) is 12.2 Å². The molecule has 0 aromatic carbocycles. The number of rotatable bonds is 1. The summed E-state index contributed by atoms with van der Waals surface area (Å²) in [6.45, 7) is 0. The Kier molecular flexibility index (Phi) is 1.66. The van der Waals surface area contributed by atoms with Crippen LogP contribution >= 0.6 is 0 Å². The van der Waals surface area contributed by atoms with E-state index >= 15 is 0 Å². The van der Waals surface area contributed by atoms with Gasteiger partial charge in [-0.25, -0.2) is 0 Å². The molecule has 4 heteroatoms. The van der Waals surface area contributed by atoms with Gasteiger partial charge in [0, 0.05) is 5.92 Å². The Balaban J connectivity index is 1.81. The minimum atomic E-state index is -0.311. The molecule has 0 spiro atoms. The average Bonchev–Trinajstić information content (AvgIpc) is 2.97. The van der Waals surface area contributed by atoms with E-state index in [1.54, 1.807) is 0 Å². The van der Waals surface area contributed by atoms with Crippen LogP contribution in [0.1, 0.15) is 6.42 Å². The molecule has 4 aliphatic rings. The van der Waals surface area contributed by atoms with E-state index in [2.05, 4.69) is 12.2 Å². The number of carbonyl (C=O) groups excluding carboxylic acids is 2. The van der Waals surface area contributed by atoms with Gasteiger partial charge in [-0.05, 0) is 24.2 Å². The van der Waals surface area contributed by atoms with Crippen molar-refractivity contribution in [1.29, 1.82) is 0 Å². The van der Waals surface area contributed by atoms with Crippen molar-refractivity contribution in [2.45, 2.75) is 12.5 Å². The fraction of sp³-hybridized carbons (Fsp3) is 0.692. The second-order valence-corrected chi connectivity index (χ2v) is 5.57. The Morgan fingerprint density at radius 1 is 1.41 bits per heavy atom. The molecule has 7 atom stereocenters. The van der Waals surface area contributed by atoms with Gasteiger partial charge in [0.15, 0.2) is 0 Å². The molecule has 90 valence electrons. The van der Waals surface area contributed by atoms with Crippen LogP contribution < -0.4 is 0 Å². The Morgan fingerprint density at radius 3 is 3.00 bits per heavy atom. The monoisotopic (exact) mass is 234 g/mol. The first kappa shape index (κ1) is 9.68. The molecule has 1 heterocycles. The standard InChI is InChI=1S/C13H14O4/c1-16-12(14)9-6-3-2-5-4-7-10(8(5)6)11(9)13(15)17-7/h2-3,5-11H,4H2,1H3/t5-,6-,7-,8+,9+,10-,11-/m1/s1. The van der Waals surface area contributed by atoms with E-state index in [1.807, 2.05) is 0 Å². The van der Waals surface area contributed by atoms with E-state index < -0.39 is 0 Å². The highest BCUT2D eigenvalue weighted by atomic mass is 16.6. The second kappa shape index (κ2) is 2.92. The molecule has 3 fully saturated rings. The minimum absolute atomic E-state index is 0.0459. The fourth-order valence-electron chi connectivity index (χ4n) is 4.67. The summed E-state index contributed by atoms with van der Waals surface area (Å²) in [6, 6.07) is 0. The smallest absolute Gasteiger partial charge is 0.310 e. The fourth-order valence-corrected chi connectivity index (χ4v) is 4.67. The number of ether oxygens (including phenoxy) is 2. The average molecular weight is 234 g/mol. The van der Waals surface area contributed by atoms with Gasteiger partial charge in [-0.3, -0.25) is 9.59 Å². The van der Waals surface area contributed by atoms with E-state index in [0.29, 0.717) is 11.8 Å². The maximum atomic E-state index is 11.9. The molecule has 17 heavy (non-hydrogen) atoms. The van der Waals surface area contributed by atoms with Gasteiger partial charge in [-0.2, -0.15) is 0 Å². The van der Waals surface area contributed by atoms with Crippen LogP contribution in [0, 0.1) is 35.5 Å². The van der Waals surface area contributed by atoms with Crippen molar-refractivity contribution in [3.05, 3.63) is 12.2 Å². The molecule has 0 N–H and O–H groups in total. The first-order chi connectivity index (χ1) is 8.22. The summed E-state index contributed by atoms with van der Waals surface area (Å²) < 4.78 is 10.3. The topological polar surface area (TPSA) is 52.6 Å². The molecular formula is C13H14O4. The Labute approximate surface area is 99.0 Å². The van der Waals surface area contributed by atoms with E-state index in [1.165, 1.54) is 7.11 Å². The van der Waals surface area contributed by atoms with Gasteiger partial charge in [0.1, 0.15) is 6.10 Å². The number of hydrogen-bond donors (Lipinski definition) is 0. The molecule has 3 aliphatic carbocycles. The minimum Gasteiger partial charge on any atom is -0.469 e. The summed E-state index contributed by atoms with van der Waals surface area (Å²) in [4.78, 5) is 23.8. The van der Waals surface area contributed by atoms with Crippen molar-refractivity contribution < 1.29 is 19.1 Å². The largest absolute Gasteiger partial charge is 0.469 e. The van der Waals surface area contributed by atoms with E-state index in [0.717, 1.165) is 6.42 Å². The molecule has 0 amide bonds. The molecular weight excluding hydrogens is 220 g/mol. The molecule has 4 rings (SSSR count). The second-order valence-electron chi connectivity index (χ2n) is 5.57. The molecule has 0 aromatic heterocycles. The molecule has 2 saturated carbocycles. The first-order valence-electron chi connectivity index (χ1n) is 6.19. The van der Waals surface area contributed by atoms with Gasteiger partial charge in [0.05, 0.1) is 18.9 Å². The zero-order valence-corrected chi connectivity index (χ0v) is 9.54. The van der Waals surface area contributed by atoms with Crippen molar-refractivity contribution in [2.24, 2.45) is 35.5 Å². The maximum absolute atomic E-state index is 11.9. The summed E-state index contributed by atoms with van der Waals surface area (Å²) in [7, 11) is 1.39. The number of methoxy groups -OCH3 is 1. The summed E-state index contributed by atoms with van der Waals surface area (Å²) in [5, 5.41) is 0. The summed E-state index contributed by atoms with van der Waals surface area (Å²) in [5.74, 6) is 0.373. The molecule has 0 aromatic rings. The predicted octanol–water partition coefficient (Wildman–Crippen LogP) is 0.769. The SMILES string of the molecule is COC(=O)[C@H]1[C@@H]2C=C[C@@H]3C[C@H]4OC(=O)[C@H]1[C@H]4[C@H]23. The third-order valence-corrected chi connectivity index (χ3v) is 5.13. The third-order valence-electron chi connectivity index (χ3n) is 5.13. The third kappa shape index (κ3) is 0.956. The first-order valence-corrected chi connectivity index (χ1v) is 6.19. The van der Waals surface area contributed by atoms with Crippen molar-refractivity contribution in [3.8, 4) is 0 Å². The number of esters is 2. The zero-order valence-electron chi connectivity index (χ0n) is 9.54. The van der Waals surface area contributed by atoms with Crippen LogP contribution in [0.5, 0.6) is 0 Å². The lowest BCUT2D eigenvalue weighted by molar-refractivity contribution is -0.155. The lowest BCUT2D eigenvalue weighted by Crippen LogP contribution is -2.29. The zero-order chi connectivity index (χ0) is 11.7. The van der Waals surface area contributed by atoms with Crippen molar-refractivity contribution in [2.75, 3.05) is 7.11 Å². The molecule has 0 radical (unpaired) electrons. The quantitative estimate of drug-likeness (QED) is 0.496. The van der Waals surface area contributed by atoms with E-state index in [-0.39, 0.29) is 41.7 Å². The number of hydrogen-bond acceptors (Lipinski definition) is 4. The van der Waals surface area contributed by atoms with Crippen LogP contribution in [0.3, 0.4) is 0 Å². The van der Waals surface area contributed by atoms with Gasteiger partial charge < -0.3 is 9.47 Å².